The van der Waals surface area contributed by atoms with Gasteiger partial charge < -0.3 is 9.15 Å². The first-order valence-electron chi connectivity index (χ1n) is 5.34. The van der Waals surface area contributed by atoms with Crippen LogP contribution in [-0.2, 0) is 9.53 Å². The van der Waals surface area contributed by atoms with Crippen LogP contribution in [0.5, 0.6) is 0 Å². The van der Waals surface area contributed by atoms with E-state index >= 15 is 0 Å². The van der Waals surface area contributed by atoms with Crippen molar-refractivity contribution >= 4 is 17.7 Å². The molecular weight excluding hydrogens is 226 g/mol. The number of nitrogens with zero attached hydrogens (tertiary/aromatic N) is 1. The molecule has 1 rings (SSSR count). The lowest BCUT2D eigenvalue weighted by Gasteiger charge is -2.10. The number of methoxy groups -OCH3 is 1. The Morgan fingerprint density at radius 1 is 1.69 bits per heavy atom. The molecule has 0 saturated heterocycles. The third-order valence-corrected chi connectivity index (χ3v) is 3.23. The first kappa shape index (κ1) is 13.1. The summed E-state index contributed by atoms with van der Waals surface area (Å²) >= 11 is 1.33. The standard InChI is InChI=1S/C11H17NO3S/c1-4-5-6-9(10(13)14-3)16-11-12-8(2)7-15-11/h7,9H,4-6H2,1-3H3. The van der Waals surface area contributed by atoms with Gasteiger partial charge in [0.2, 0.25) is 0 Å². The Hall–Kier alpha value is -0.970. The summed E-state index contributed by atoms with van der Waals surface area (Å²) in [5.41, 5.74) is 0.821. The van der Waals surface area contributed by atoms with Gasteiger partial charge in [-0.2, -0.15) is 0 Å². The maximum absolute atomic E-state index is 11.5. The maximum atomic E-state index is 11.5. The molecular formula is C11H17NO3S. The maximum Gasteiger partial charge on any atom is 0.319 e. The summed E-state index contributed by atoms with van der Waals surface area (Å²) in [6, 6.07) is 0. The number of esters is 1. The summed E-state index contributed by atoms with van der Waals surface area (Å²) in [5.74, 6) is -0.214. The topological polar surface area (TPSA) is 52.3 Å². The van der Waals surface area contributed by atoms with Crippen LogP contribution >= 0.6 is 11.8 Å². The average Bonchev–Trinajstić information content (AvgIpc) is 2.69. The van der Waals surface area contributed by atoms with Crippen molar-refractivity contribution in [2.45, 2.75) is 43.6 Å². The van der Waals surface area contributed by atoms with Crippen LogP contribution in [0, 0.1) is 6.92 Å². The molecule has 0 aliphatic heterocycles. The van der Waals surface area contributed by atoms with Gasteiger partial charge in [-0.1, -0.05) is 31.5 Å². The molecule has 16 heavy (non-hydrogen) atoms. The Morgan fingerprint density at radius 3 is 2.94 bits per heavy atom. The number of oxazole rings is 1. The summed E-state index contributed by atoms with van der Waals surface area (Å²) in [7, 11) is 1.41. The molecule has 0 amide bonds. The van der Waals surface area contributed by atoms with Crippen LogP contribution in [0.15, 0.2) is 15.9 Å². The van der Waals surface area contributed by atoms with Crippen LogP contribution in [0.4, 0.5) is 0 Å². The number of rotatable bonds is 6. The highest BCUT2D eigenvalue weighted by Gasteiger charge is 2.22. The van der Waals surface area contributed by atoms with Crippen molar-refractivity contribution in [3.8, 4) is 0 Å². The number of aryl methyl sites for hydroxylation is 1. The van der Waals surface area contributed by atoms with Crippen molar-refractivity contribution in [3.63, 3.8) is 0 Å². The van der Waals surface area contributed by atoms with Crippen molar-refractivity contribution in [2.24, 2.45) is 0 Å². The first-order chi connectivity index (χ1) is 7.67. The second kappa shape index (κ2) is 6.58. The van der Waals surface area contributed by atoms with Crippen molar-refractivity contribution in [1.82, 2.24) is 4.98 Å². The molecule has 0 spiro atoms. The number of carbonyl (C=O) groups excluding carboxylic acids is 1. The molecule has 5 heteroatoms. The van der Waals surface area contributed by atoms with E-state index in [1.807, 2.05) is 6.92 Å². The van der Waals surface area contributed by atoms with Crippen LogP contribution in [0.3, 0.4) is 0 Å². The predicted octanol–water partition coefficient (Wildman–Crippen LogP) is 2.81. The van der Waals surface area contributed by atoms with Gasteiger partial charge in [0.05, 0.1) is 12.8 Å². The molecule has 4 nitrogen and oxygen atoms in total. The average molecular weight is 243 g/mol. The van der Waals surface area contributed by atoms with Gasteiger partial charge in [-0.3, -0.25) is 4.79 Å². The fourth-order valence-corrected chi connectivity index (χ4v) is 2.27. The molecule has 0 saturated carbocycles. The van der Waals surface area contributed by atoms with Gasteiger partial charge in [0, 0.05) is 0 Å². The van der Waals surface area contributed by atoms with Crippen LogP contribution < -0.4 is 0 Å². The Balaban J connectivity index is 2.59. The molecule has 1 unspecified atom stereocenters. The smallest absolute Gasteiger partial charge is 0.319 e. The number of ether oxygens (including phenoxy) is 1. The predicted molar refractivity (Wildman–Crippen MR) is 62.4 cm³/mol. The Labute approximate surface area is 99.8 Å². The fraction of sp³-hybridized carbons (Fsp3) is 0.636. The van der Waals surface area contributed by atoms with Gasteiger partial charge in [0.15, 0.2) is 0 Å². The van der Waals surface area contributed by atoms with Crippen LogP contribution in [0.2, 0.25) is 0 Å². The van der Waals surface area contributed by atoms with E-state index in [-0.39, 0.29) is 11.2 Å². The quantitative estimate of drug-likeness (QED) is 0.568. The van der Waals surface area contributed by atoms with Gasteiger partial charge in [-0.25, -0.2) is 4.98 Å². The number of unbranched alkanes of at least 4 members (excludes halogenated alkanes) is 1. The molecule has 0 N–H and O–H groups in total. The van der Waals surface area contributed by atoms with Crippen LogP contribution in [0.25, 0.3) is 0 Å². The zero-order valence-electron chi connectivity index (χ0n) is 9.86. The van der Waals surface area contributed by atoms with E-state index in [2.05, 4.69) is 11.9 Å². The largest absolute Gasteiger partial charge is 0.468 e. The van der Waals surface area contributed by atoms with E-state index in [1.54, 1.807) is 6.26 Å². The monoisotopic (exact) mass is 243 g/mol. The molecule has 1 aromatic rings. The second-order valence-electron chi connectivity index (χ2n) is 3.53. The van der Waals surface area contributed by atoms with Crippen LogP contribution in [0.1, 0.15) is 31.9 Å². The van der Waals surface area contributed by atoms with Crippen molar-refractivity contribution in [3.05, 3.63) is 12.0 Å². The third-order valence-electron chi connectivity index (χ3n) is 2.12. The number of aromatic nitrogens is 1. The summed E-state index contributed by atoms with van der Waals surface area (Å²) in [5, 5.41) is 0.312. The van der Waals surface area contributed by atoms with E-state index in [0.717, 1.165) is 25.0 Å². The molecule has 0 aromatic carbocycles. The summed E-state index contributed by atoms with van der Waals surface area (Å²) in [4.78, 5) is 15.7. The molecule has 0 aliphatic rings. The highest BCUT2D eigenvalue weighted by atomic mass is 32.2. The summed E-state index contributed by atoms with van der Waals surface area (Å²) in [6.45, 7) is 3.95. The van der Waals surface area contributed by atoms with Gasteiger partial charge in [0.1, 0.15) is 11.5 Å². The van der Waals surface area contributed by atoms with Crippen molar-refractivity contribution in [2.75, 3.05) is 7.11 Å². The Kier molecular flexibility index (Phi) is 5.38. The molecule has 90 valence electrons. The van der Waals surface area contributed by atoms with Gasteiger partial charge in [-0.05, 0) is 13.3 Å². The lowest BCUT2D eigenvalue weighted by molar-refractivity contribution is -0.140. The lowest BCUT2D eigenvalue weighted by Crippen LogP contribution is -2.18. The zero-order valence-corrected chi connectivity index (χ0v) is 10.7. The fourth-order valence-electron chi connectivity index (χ4n) is 1.25. The molecule has 0 fully saturated rings. The molecule has 1 atom stereocenters. The van der Waals surface area contributed by atoms with E-state index < -0.39 is 0 Å². The van der Waals surface area contributed by atoms with Crippen molar-refractivity contribution < 1.29 is 13.9 Å². The normalized spacial score (nSPS) is 12.4. The Morgan fingerprint density at radius 2 is 2.44 bits per heavy atom. The second-order valence-corrected chi connectivity index (χ2v) is 4.68. The van der Waals surface area contributed by atoms with Crippen molar-refractivity contribution in [1.29, 1.82) is 0 Å². The highest BCUT2D eigenvalue weighted by Crippen LogP contribution is 2.26. The molecule has 1 heterocycles. The minimum absolute atomic E-state index is 0.214. The summed E-state index contributed by atoms with van der Waals surface area (Å²) < 4.78 is 9.97. The van der Waals surface area contributed by atoms with E-state index in [0.29, 0.717) is 5.22 Å². The Bertz CT molecular complexity index is 338. The minimum Gasteiger partial charge on any atom is -0.468 e. The van der Waals surface area contributed by atoms with E-state index in [4.69, 9.17) is 9.15 Å². The van der Waals surface area contributed by atoms with Crippen LogP contribution in [-0.4, -0.2) is 23.3 Å². The van der Waals surface area contributed by atoms with E-state index in [1.165, 1.54) is 18.9 Å². The first-order valence-corrected chi connectivity index (χ1v) is 6.22. The molecule has 0 radical (unpaired) electrons. The van der Waals surface area contributed by atoms with Gasteiger partial charge in [0.25, 0.3) is 5.22 Å². The molecule has 1 aromatic heterocycles. The summed E-state index contributed by atoms with van der Waals surface area (Å²) in [6.07, 6.45) is 4.41. The number of hydrogen-bond acceptors (Lipinski definition) is 5. The lowest BCUT2D eigenvalue weighted by atomic mass is 10.2. The molecule has 0 bridgehead atoms. The highest BCUT2D eigenvalue weighted by molar-refractivity contribution is 8.00. The number of thioether (sulfide) groups is 1. The SMILES string of the molecule is CCCCC(Sc1nc(C)co1)C(=O)OC. The minimum atomic E-state index is -0.219. The molecule has 0 aliphatic carbocycles. The van der Waals surface area contributed by atoms with Gasteiger partial charge in [-0.15, -0.1) is 0 Å². The number of hydrogen-bond donors (Lipinski definition) is 0. The van der Waals surface area contributed by atoms with E-state index in [9.17, 15) is 4.79 Å². The zero-order chi connectivity index (χ0) is 12.0. The van der Waals surface area contributed by atoms with Gasteiger partial charge >= 0.3 is 5.97 Å². The number of carbonyl (C=O) groups is 1. The third kappa shape index (κ3) is 3.89.